The van der Waals surface area contributed by atoms with Crippen LogP contribution in [0.3, 0.4) is 0 Å². The average Bonchev–Trinajstić information content (AvgIpc) is 3.11. The second-order valence-electron chi connectivity index (χ2n) is 6.79. The van der Waals surface area contributed by atoms with E-state index in [1.165, 1.54) is 23.2 Å². The van der Waals surface area contributed by atoms with Crippen LogP contribution in [0.1, 0.15) is 13.2 Å². The van der Waals surface area contributed by atoms with E-state index in [1.807, 2.05) is 0 Å². The second-order valence-corrected chi connectivity index (χ2v) is 11.2. The van der Waals surface area contributed by atoms with Crippen molar-refractivity contribution in [3.63, 3.8) is 0 Å². The molecule has 6 atom stereocenters. The summed E-state index contributed by atoms with van der Waals surface area (Å²) in [5, 5.41) is 21.6. The molecule has 0 saturated carbocycles. The van der Waals surface area contributed by atoms with Gasteiger partial charge in [0.15, 0.2) is 6.23 Å². The van der Waals surface area contributed by atoms with Crippen LogP contribution < -0.4 is 5.73 Å². The number of ether oxygens (including phenoxy) is 1. The lowest BCUT2D eigenvalue weighted by Gasteiger charge is -2.26. The number of aliphatic hydroxyl groups excluding tert-OH is 1. The Bertz CT molecular complexity index is 1150. The van der Waals surface area contributed by atoms with Crippen molar-refractivity contribution in [2.75, 3.05) is 12.3 Å². The Hall–Kier alpha value is -1.29. The molecule has 8 N–H and O–H groups in total. The van der Waals surface area contributed by atoms with Crippen LogP contribution in [-0.4, -0.2) is 68.7 Å². The van der Waals surface area contributed by atoms with E-state index in [9.17, 15) is 33.7 Å². The minimum Gasteiger partial charge on any atom is -0.385 e. The molecular formula is C12H19N4O13P3. The fourth-order valence-electron chi connectivity index (χ4n) is 2.95. The molecule has 1 aliphatic heterocycles. The number of fused-ring (bicyclic) bond motifs is 1. The monoisotopic (exact) mass is 520 g/mol. The maximum absolute atomic E-state index is 11.9. The molecule has 180 valence electrons. The van der Waals surface area contributed by atoms with E-state index in [1.54, 1.807) is 0 Å². The fraction of sp³-hybridized carbons (Fsp3) is 0.500. The average molecular weight is 520 g/mol. The van der Waals surface area contributed by atoms with E-state index in [0.717, 1.165) is 6.92 Å². The number of hydrogen-bond acceptors (Lipinski definition) is 12. The summed E-state index contributed by atoms with van der Waals surface area (Å²) in [6.45, 7) is 0.179. The molecule has 3 rings (SSSR count). The number of aromatic nitrogens is 3. The molecule has 1 saturated heterocycles. The van der Waals surface area contributed by atoms with Crippen LogP contribution in [-0.2, 0) is 31.6 Å². The molecule has 1 aliphatic rings. The fourth-order valence-corrected chi connectivity index (χ4v) is 5.96. The van der Waals surface area contributed by atoms with E-state index in [4.69, 9.17) is 20.3 Å². The summed E-state index contributed by atoms with van der Waals surface area (Å²) in [6, 6.07) is 1.54. The first-order valence-corrected chi connectivity index (χ1v) is 13.0. The molecule has 0 bridgehead atoms. The van der Waals surface area contributed by atoms with Gasteiger partial charge in [-0.25, -0.2) is 23.7 Å². The SMILES string of the molecule is C[C@@]1(O)[C@@H](COP(=O)(O)OP(=O)(O)OP(=O)(O)O)O[C@@H](n2ccc3c(N)ncnc32)[C@@H]1O. The lowest BCUT2D eigenvalue weighted by molar-refractivity contribution is -0.0791. The number of phosphoric acid groups is 3. The van der Waals surface area contributed by atoms with Crippen LogP contribution in [0.15, 0.2) is 18.6 Å². The molecule has 0 aromatic carbocycles. The highest BCUT2D eigenvalue weighted by Gasteiger charge is 2.54. The summed E-state index contributed by atoms with van der Waals surface area (Å²) >= 11 is 0. The Balaban J connectivity index is 1.75. The lowest BCUT2D eigenvalue weighted by atomic mass is 9.95. The van der Waals surface area contributed by atoms with Gasteiger partial charge in [-0.1, -0.05) is 0 Å². The molecule has 2 aromatic heterocycles. The molecule has 32 heavy (non-hydrogen) atoms. The third kappa shape index (κ3) is 5.43. The van der Waals surface area contributed by atoms with Gasteiger partial charge in [0.05, 0.1) is 12.0 Å². The van der Waals surface area contributed by atoms with Crippen LogP contribution in [0.2, 0.25) is 0 Å². The summed E-state index contributed by atoms with van der Waals surface area (Å²) in [5.74, 6) is 0.150. The zero-order valence-electron chi connectivity index (χ0n) is 16.0. The van der Waals surface area contributed by atoms with E-state index in [-0.39, 0.29) is 11.5 Å². The highest BCUT2D eigenvalue weighted by atomic mass is 31.3. The van der Waals surface area contributed by atoms with Crippen molar-refractivity contribution in [1.82, 2.24) is 14.5 Å². The zero-order valence-corrected chi connectivity index (χ0v) is 18.7. The maximum atomic E-state index is 11.9. The Morgan fingerprint density at radius 2 is 1.84 bits per heavy atom. The summed E-state index contributed by atoms with van der Waals surface area (Å²) in [7, 11) is -16.7. The molecule has 3 heterocycles. The topological polar surface area (TPSA) is 266 Å². The van der Waals surface area contributed by atoms with Crippen molar-refractivity contribution < 1.29 is 61.4 Å². The Morgan fingerprint density at radius 3 is 2.47 bits per heavy atom. The van der Waals surface area contributed by atoms with Crippen LogP contribution in [0, 0.1) is 0 Å². The molecule has 0 radical (unpaired) electrons. The van der Waals surface area contributed by atoms with Gasteiger partial charge < -0.3 is 44.8 Å². The molecule has 2 aromatic rings. The predicted molar refractivity (Wildman–Crippen MR) is 102 cm³/mol. The second kappa shape index (κ2) is 8.49. The summed E-state index contributed by atoms with van der Waals surface area (Å²) in [5.41, 5.74) is 3.95. The molecule has 17 nitrogen and oxygen atoms in total. The standard InChI is InChI=1S/C12H19N4O13P3/c1-12(18)7(4-26-31(22,23)29-32(24,25)28-30(19,20)21)27-11(8(12)17)16-3-2-6-9(13)14-5-15-10(6)16/h2-3,5,7-8,11,17-18H,4H2,1H3,(H,22,23)(H,24,25)(H2,13,14,15)(H2,19,20,21)/t7-,8+,11-,12-/m1/s1. The molecular weight excluding hydrogens is 501 g/mol. The first-order valence-electron chi connectivity index (χ1n) is 8.44. The van der Waals surface area contributed by atoms with Gasteiger partial charge in [-0.2, -0.15) is 8.62 Å². The molecule has 0 aliphatic carbocycles. The molecule has 1 fully saturated rings. The van der Waals surface area contributed by atoms with Crippen LogP contribution in [0.4, 0.5) is 5.82 Å². The lowest BCUT2D eigenvalue weighted by Crippen LogP contribution is -2.46. The number of anilines is 1. The Kier molecular flexibility index (Phi) is 6.72. The Labute approximate surface area is 178 Å². The van der Waals surface area contributed by atoms with Crippen LogP contribution in [0.25, 0.3) is 11.0 Å². The zero-order chi connectivity index (χ0) is 24.1. The molecule has 0 amide bonds. The largest absolute Gasteiger partial charge is 0.490 e. The number of hydrogen-bond donors (Lipinski definition) is 7. The molecule has 20 heteroatoms. The minimum absolute atomic E-state index is 0.150. The number of nitrogens with two attached hydrogens (primary N) is 1. The number of nitrogen functional groups attached to an aromatic ring is 1. The van der Waals surface area contributed by atoms with Gasteiger partial charge >= 0.3 is 23.5 Å². The number of aliphatic hydroxyl groups is 2. The number of rotatable bonds is 8. The van der Waals surface area contributed by atoms with Gasteiger partial charge in [0.2, 0.25) is 0 Å². The van der Waals surface area contributed by atoms with E-state index >= 15 is 0 Å². The van der Waals surface area contributed by atoms with Crippen molar-refractivity contribution in [1.29, 1.82) is 0 Å². The summed E-state index contributed by atoms with van der Waals surface area (Å²) in [6.07, 6.45) is -1.73. The first kappa shape index (κ1) is 25.3. The minimum atomic E-state index is -5.71. The highest BCUT2D eigenvalue weighted by molar-refractivity contribution is 7.66. The molecule has 0 spiro atoms. The van der Waals surface area contributed by atoms with Gasteiger partial charge in [-0.15, -0.1) is 0 Å². The maximum Gasteiger partial charge on any atom is 0.490 e. The predicted octanol–water partition coefficient (Wildman–Crippen LogP) is -0.634. The highest BCUT2D eigenvalue weighted by Crippen LogP contribution is 2.66. The van der Waals surface area contributed by atoms with Crippen LogP contribution in [0.5, 0.6) is 0 Å². The van der Waals surface area contributed by atoms with Crippen molar-refractivity contribution in [2.45, 2.75) is 31.0 Å². The van der Waals surface area contributed by atoms with Gasteiger partial charge in [0.25, 0.3) is 0 Å². The van der Waals surface area contributed by atoms with Crippen molar-refractivity contribution >= 4 is 40.3 Å². The summed E-state index contributed by atoms with van der Waals surface area (Å²) in [4.78, 5) is 43.7. The van der Waals surface area contributed by atoms with Crippen molar-refractivity contribution in [2.24, 2.45) is 0 Å². The van der Waals surface area contributed by atoms with Gasteiger partial charge in [0.1, 0.15) is 35.6 Å². The first-order chi connectivity index (χ1) is 14.5. The number of phosphoric ester groups is 1. The quantitative estimate of drug-likeness (QED) is 0.213. The van der Waals surface area contributed by atoms with E-state index in [0.29, 0.717) is 5.39 Å². The van der Waals surface area contributed by atoms with E-state index in [2.05, 4.69) is 23.1 Å². The normalized spacial score (nSPS) is 30.3. The summed E-state index contributed by atoms with van der Waals surface area (Å²) < 4.78 is 52.5. The van der Waals surface area contributed by atoms with Gasteiger partial charge in [-0.3, -0.25) is 4.52 Å². The van der Waals surface area contributed by atoms with E-state index < -0.39 is 54.1 Å². The van der Waals surface area contributed by atoms with Gasteiger partial charge in [0, 0.05) is 6.20 Å². The smallest absolute Gasteiger partial charge is 0.385 e. The van der Waals surface area contributed by atoms with Crippen molar-refractivity contribution in [3.8, 4) is 0 Å². The van der Waals surface area contributed by atoms with Gasteiger partial charge in [-0.05, 0) is 13.0 Å². The molecule has 2 unspecified atom stereocenters. The number of nitrogens with zero attached hydrogens (tertiary/aromatic N) is 3. The van der Waals surface area contributed by atoms with Crippen molar-refractivity contribution in [3.05, 3.63) is 18.6 Å². The van der Waals surface area contributed by atoms with Crippen LogP contribution >= 0.6 is 23.5 Å². The third-order valence-electron chi connectivity index (χ3n) is 4.44. The Morgan fingerprint density at radius 1 is 1.19 bits per heavy atom. The third-order valence-corrected chi connectivity index (χ3v) is 8.25.